The Kier molecular flexibility index (Phi) is 8.21. The summed E-state index contributed by atoms with van der Waals surface area (Å²) in [5.41, 5.74) is 3.22. The van der Waals surface area contributed by atoms with E-state index in [1.165, 1.54) is 11.8 Å². The first kappa shape index (κ1) is 24.1. The zero-order valence-corrected chi connectivity index (χ0v) is 20.6. The molecule has 8 heteroatoms. The lowest BCUT2D eigenvalue weighted by Crippen LogP contribution is -2.18. The van der Waals surface area contributed by atoms with Crippen LogP contribution in [0.3, 0.4) is 0 Å². The quantitative estimate of drug-likeness (QED) is 0.385. The highest BCUT2D eigenvalue weighted by atomic mass is 35.5. The summed E-state index contributed by atoms with van der Waals surface area (Å²) < 4.78 is 7.59. The van der Waals surface area contributed by atoms with E-state index in [0.29, 0.717) is 33.6 Å². The van der Waals surface area contributed by atoms with Crippen molar-refractivity contribution >= 4 is 35.0 Å². The Hall–Kier alpha value is -2.51. The Balaban J connectivity index is 1.62. The minimum absolute atomic E-state index is 0.0630. The summed E-state index contributed by atoms with van der Waals surface area (Å²) in [7, 11) is 1.87. The lowest BCUT2D eigenvalue weighted by molar-refractivity contribution is -0.113. The zero-order valence-electron chi connectivity index (χ0n) is 19.1. The van der Waals surface area contributed by atoms with E-state index in [9.17, 15) is 4.79 Å². The SMILES string of the molecule is CC(C)c1cccc(C(C)C)c1NC(=O)CSc1nnc(COc2ccc(Cl)cc2)n1C. The summed E-state index contributed by atoms with van der Waals surface area (Å²) >= 11 is 7.25. The van der Waals surface area contributed by atoms with E-state index in [1.54, 1.807) is 24.3 Å². The zero-order chi connectivity index (χ0) is 23.3. The number of ether oxygens (including phenoxy) is 1. The van der Waals surface area contributed by atoms with E-state index >= 15 is 0 Å². The molecule has 1 N–H and O–H groups in total. The summed E-state index contributed by atoms with van der Waals surface area (Å²) in [6.45, 7) is 8.82. The molecule has 1 aromatic heterocycles. The molecule has 0 atom stereocenters. The first-order valence-electron chi connectivity index (χ1n) is 10.6. The monoisotopic (exact) mass is 472 g/mol. The predicted octanol–water partition coefficient (Wildman–Crippen LogP) is 6.03. The van der Waals surface area contributed by atoms with Crippen molar-refractivity contribution in [2.24, 2.45) is 7.05 Å². The van der Waals surface area contributed by atoms with Gasteiger partial charge in [-0.2, -0.15) is 0 Å². The summed E-state index contributed by atoms with van der Waals surface area (Å²) in [5.74, 6) is 2.20. The van der Waals surface area contributed by atoms with Crippen LogP contribution in [0.25, 0.3) is 0 Å². The summed E-state index contributed by atoms with van der Waals surface area (Å²) in [5, 5.41) is 12.9. The van der Waals surface area contributed by atoms with Crippen molar-refractivity contribution in [1.29, 1.82) is 0 Å². The fourth-order valence-electron chi connectivity index (χ4n) is 3.28. The molecule has 0 spiro atoms. The third-order valence-corrected chi connectivity index (χ3v) is 6.35. The van der Waals surface area contributed by atoms with Crippen molar-refractivity contribution in [3.8, 4) is 5.75 Å². The van der Waals surface area contributed by atoms with Crippen LogP contribution >= 0.6 is 23.4 Å². The van der Waals surface area contributed by atoms with Gasteiger partial charge < -0.3 is 14.6 Å². The number of hydrogen-bond acceptors (Lipinski definition) is 5. The number of anilines is 1. The number of para-hydroxylation sites is 1. The Bertz CT molecular complexity index is 1040. The number of benzene rings is 2. The Labute approximate surface area is 198 Å². The minimum Gasteiger partial charge on any atom is -0.486 e. The van der Waals surface area contributed by atoms with Gasteiger partial charge in [0.15, 0.2) is 11.0 Å². The van der Waals surface area contributed by atoms with Crippen LogP contribution in [-0.4, -0.2) is 26.4 Å². The number of carbonyl (C=O) groups excluding carboxylic acids is 1. The second kappa shape index (κ2) is 10.9. The van der Waals surface area contributed by atoms with Crippen LogP contribution in [0.5, 0.6) is 5.75 Å². The number of rotatable bonds is 9. The molecule has 0 radical (unpaired) electrons. The van der Waals surface area contributed by atoms with E-state index < -0.39 is 0 Å². The van der Waals surface area contributed by atoms with E-state index in [-0.39, 0.29) is 18.3 Å². The average molecular weight is 473 g/mol. The summed E-state index contributed by atoms with van der Waals surface area (Å²) in [4.78, 5) is 12.8. The van der Waals surface area contributed by atoms with E-state index in [0.717, 1.165) is 16.8 Å². The number of hydrogen-bond donors (Lipinski definition) is 1. The number of carbonyl (C=O) groups is 1. The maximum atomic E-state index is 12.8. The largest absolute Gasteiger partial charge is 0.486 e. The van der Waals surface area contributed by atoms with Crippen molar-refractivity contribution in [2.75, 3.05) is 11.1 Å². The topological polar surface area (TPSA) is 69.0 Å². The van der Waals surface area contributed by atoms with Gasteiger partial charge in [0, 0.05) is 17.8 Å². The van der Waals surface area contributed by atoms with Crippen molar-refractivity contribution in [3.63, 3.8) is 0 Å². The number of nitrogens with zero attached hydrogens (tertiary/aromatic N) is 3. The summed E-state index contributed by atoms with van der Waals surface area (Å²) in [6, 6.07) is 13.4. The predicted molar refractivity (Wildman–Crippen MR) is 131 cm³/mol. The molecule has 3 rings (SSSR count). The summed E-state index contributed by atoms with van der Waals surface area (Å²) in [6.07, 6.45) is 0. The molecule has 1 heterocycles. The Morgan fingerprint density at radius 2 is 1.69 bits per heavy atom. The van der Waals surface area contributed by atoms with Crippen molar-refractivity contribution in [1.82, 2.24) is 14.8 Å². The molecule has 0 bridgehead atoms. The highest BCUT2D eigenvalue weighted by molar-refractivity contribution is 7.99. The first-order valence-corrected chi connectivity index (χ1v) is 11.9. The van der Waals surface area contributed by atoms with Crippen LogP contribution in [-0.2, 0) is 18.4 Å². The third kappa shape index (κ3) is 6.04. The lowest BCUT2D eigenvalue weighted by Gasteiger charge is -2.20. The minimum atomic E-state index is -0.0630. The van der Waals surface area contributed by atoms with Crippen LogP contribution in [0.1, 0.15) is 56.5 Å². The molecule has 32 heavy (non-hydrogen) atoms. The smallest absolute Gasteiger partial charge is 0.234 e. The molecule has 6 nitrogen and oxygen atoms in total. The van der Waals surface area contributed by atoms with Gasteiger partial charge in [-0.3, -0.25) is 4.79 Å². The van der Waals surface area contributed by atoms with Gasteiger partial charge in [0.2, 0.25) is 5.91 Å². The second-order valence-electron chi connectivity index (χ2n) is 8.16. The molecule has 0 saturated heterocycles. The molecule has 2 aromatic carbocycles. The van der Waals surface area contributed by atoms with Crippen molar-refractivity contribution < 1.29 is 9.53 Å². The van der Waals surface area contributed by atoms with Gasteiger partial charge in [0.05, 0.1) is 5.75 Å². The maximum absolute atomic E-state index is 12.8. The molecule has 170 valence electrons. The second-order valence-corrected chi connectivity index (χ2v) is 9.54. The van der Waals surface area contributed by atoms with Gasteiger partial charge >= 0.3 is 0 Å². The van der Waals surface area contributed by atoms with Gasteiger partial charge in [-0.15, -0.1) is 10.2 Å². The molecule has 3 aromatic rings. The maximum Gasteiger partial charge on any atom is 0.234 e. The van der Waals surface area contributed by atoms with Gasteiger partial charge in [-0.1, -0.05) is 69.3 Å². The normalized spacial score (nSPS) is 11.2. The molecule has 0 aliphatic heterocycles. The van der Waals surface area contributed by atoms with E-state index in [1.807, 2.05) is 11.6 Å². The van der Waals surface area contributed by atoms with E-state index in [2.05, 4.69) is 61.4 Å². The van der Waals surface area contributed by atoms with Crippen LogP contribution in [0.15, 0.2) is 47.6 Å². The van der Waals surface area contributed by atoms with Crippen LogP contribution < -0.4 is 10.1 Å². The molecular formula is C24H29ClN4O2S. The Morgan fingerprint density at radius 1 is 1.06 bits per heavy atom. The van der Waals surface area contributed by atoms with Crippen molar-refractivity contribution in [3.05, 3.63) is 64.4 Å². The van der Waals surface area contributed by atoms with Gasteiger partial charge in [-0.25, -0.2) is 0 Å². The fraction of sp³-hybridized carbons (Fsp3) is 0.375. The lowest BCUT2D eigenvalue weighted by atomic mass is 9.92. The molecular weight excluding hydrogens is 444 g/mol. The fourth-order valence-corrected chi connectivity index (χ4v) is 4.13. The molecule has 0 aliphatic carbocycles. The molecule has 0 saturated carbocycles. The first-order chi connectivity index (χ1) is 15.3. The van der Waals surface area contributed by atoms with Crippen molar-refractivity contribution in [2.45, 2.75) is 51.3 Å². The highest BCUT2D eigenvalue weighted by Gasteiger charge is 2.17. The number of halogens is 1. The molecule has 0 fully saturated rings. The average Bonchev–Trinajstić information content (AvgIpc) is 3.11. The van der Waals surface area contributed by atoms with Crippen LogP contribution in [0.2, 0.25) is 5.02 Å². The highest BCUT2D eigenvalue weighted by Crippen LogP contribution is 2.32. The number of aromatic nitrogens is 3. The van der Waals surface area contributed by atoms with Gasteiger partial charge in [-0.05, 0) is 47.2 Å². The number of nitrogens with one attached hydrogen (secondary N) is 1. The molecule has 1 amide bonds. The number of thioether (sulfide) groups is 1. The van der Waals surface area contributed by atoms with Gasteiger partial charge in [0.25, 0.3) is 0 Å². The van der Waals surface area contributed by atoms with Crippen LogP contribution in [0, 0.1) is 0 Å². The van der Waals surface area contributed by atoms with Crippen LogP contribution in [0.4, 0.5) is 5.69 Å². The number of amides is 1. The third-order valence-electron chi connectivity index (χ3n) is 5.08. The van der Waals surface area contributed by atoms with E-state index in [4.69, 9.17) is 16.3 Å². The van der Waals surface area contributed by atoms with Gasteiger partial charge in [0.1, 0.15) is 12.4 Å². The molecule has 0 unspecified atom stereocenters. The standard InChI is InChI=1S/C24H29ClN4O2S/c1-15(2)19-7-6-8-20(16(3)4)23(19)26-22(30)14-32-24-28-27-21(29(24)5)13-31-18-11-9-17(25)10-12-18/h6-12,15-16H,13-14H2,1-5H3,(H,26,30). The molecule has 0 aliphatic rings. The Morgan fingerprint density at radius 3 is 2.28 bits per heavy atom.